The summed E-state index contributed by atoms with van der Waals surface area (Å²) in [6, 6.07) is 9.20. The van der Waals surface area contributed by atoms with E-state index in [1.807, 2.05) is 12.1 Å². The van der Waals surface area contributed by atoms with Gasteiger partial charge in [-0.05, 0) is 49.4 Å². The maximum atomic E-state index is 14.4. The van der Waals surface area contributed by atoms with Gasteiger partial charge in [-0.1, -0.05) is 31.4 Å². The van der Waals surface area contributed by atoms with Crippen molar-refractivity contribution in [1.29, 1.82) is 5.41 Å². The Bertz CT molecular complexity index is 732. The fourth-order valence-corrected chi connectivity index (χ4v) is 3.40. The minimum absolute atomic E-state index is 0.0399. The molecule has 0 aromatic heterocycles. The molecule has 126 valence electrons. The molecule has 4 heteroatoms. The molecule has 0 heterocycles. The fourth-order valence-electron chi connectivity index (χ4n) is 3.40. The lowest BCUT2D eigenvalue weighted by molar-refractivity contribution is 0.443. The molecular weight excluding hydrogens is 306 g/mol. The van der Waals surface area contributed by atoms with Gasteiger partial charge in [-0.15, -0.1) is 0 Å². The van der Waals surface area contributed by atoms with E-state index in [1.165, 1.54) is 50.7 Å². The summed E-state index contributed by atoms with van der Waals surface area (Å²) >= 11 is 0. The van der Waals surface area contributed by atoms with Crippen LogP contribution in [0.1, 0.15) is 54.7 Å². The van der Waals surface area contributed by atoms with E-state index in [2.05, 4.69) is 17.4 Å². The highest BCUT2D eigenvalue weighted by molar-refractivity contribution is 5.88. The third-order valence-corrected chi connectivity index (χ3v) is 4.89. The van der Waals surface area contributed by atoms with E-state index in [1.54, 1.807) is 0 Å². The molecule has 2 nitrogen and oxygen atoms in total. The molecule has 3 rings (SSSR count). The Morgan fingerprint density at radius 2 is 1.75 bits per heavy atom. The standard InChI is InChI=1S/C20H22F2N2/c1-13-18(21)11-16(12-23)20(19(13)22)24-17-9-7-15(8-10-17)14-5-3-2-4-6-14/h7-12,14,23-24H,2-6H2,1H3. The molecule has 0 saturated heterocycles. The molecule has 0 unspecified atom stereocenters. The van der Waals surface area contributed by atoms with Crippen LogP contribution in [-0.2, 0) is 0 Å². The van der Waals surface area contributed by atoms with Gasteiger partial charge in [0, 0.05) is 23.0 Å². The first-order chi connectivity index (χ1) is 11.6. The summed E-state index contributed by atoms with van der Waals surface area (Å²) < 4.78 is 28.0. The van der Waals surface area contributed by atoms with Gasteiger partial charge in [0.25, 0.3) is 0 Å². The Morgan fingerprint density at radius 1 is 1.08 bits per heavy atom. The largest absolute Gasteiger partial charge is 0.353 e. The van der Waals surface area contributed by atoms with Crippen LogP contribution in [0.5, 0.6) is 0 Å². The smallest absolute Gasteiger partial charge is 0.153 e. The molecule has 0 radical (unpaired) electrons. The normalized spacial score (nSPS) is 15.3. The van der Waals surface area contributed by atoms with Crippen molar-refractivity contribution >= 4 is 17.6 Å². The third-order valence-electron chi connectivity index (χ3n) is 4.89. The van der Waals surface area contributed by atoms with Gasteiger partial charge in [-0.3, -0.25) is 0 Å². The summed E-state index contributed by atoms with van der Waals surface area (Å²) in [6.45, 7) is 1.40. The van der Waals surface area contributed by atoms with Gasteiger partial charge in [-0.25, -0.2) is 8.78 Å². The van der Waals surface area contributed by atoms with Gasteiger partial charge in [0.05, 0.1) is 5.69 Å². The van der Waals surface area contributed by atoms with Crippen LogP contribution >= 0.6 is 0 Å². The lowest BCUT2D eigenvalue weighted by Gasteiger charge is -2.22. The molecule has 0 amide bonds. The Hall–Kier alpha value is -2.23. The zero-order chi connectivity index (χ0) is 17.1. The van der Waals surface area contributed by atoms with Crippen LogP contribution in [0.4, 0.5) is 20.2 Å². The quantitative estimate of drug-likeness (QED) is 0.657. The first-order valence-corrected chi connectivity index (χ1v) is 8.46. The van der Waals surface area contributed by atoms with Crippen LogP contribution in [0.3, 0.4) is 0 Å². The van der Waals surface area contributed by atoms with Crippen LogP contribution in [0.2, 0.25) is 0 Å². The number of anilines is 2. The number of benzene rings is 2. The summed E-state index contributed by atoms with van der Waals surface area (Å²) in [4.78, 5) is 0. The lowest BCUT2D eigenvalue weighted by Crippen LogP contribution is -2.05. The molecule has 1 aliphatic rings. The van der Waals surface area contributed by atoms with Crippen molar-refractivity contribution in [2.24, 2.45) is 0 Å². The average molecular weight is 328 g/mol. The van der Waals surface area contributed by atoms with E-state index in [-0.39, 0.29) is 16.8 Å². The summed E-state index contributed by atoms with van der Waals surface area (Å²) in [5.74, 6) is -0.663. The summed E-state index contributed by atoms with van der Waals surface area (Å²) in [6.07, 6.45) is 7.32. The van der Waals surface area contributed by atoms with E-state index >= 15 is 0 Å². The maximum Gasteiger partial charge on any atom is 0.153 e. The van der Waals surface area contributed by atoms with E-state index in [4.69, 9.17) is 5.41 Å². The first-order valence-electron chi connectivity index (χ1n) is 8.46. The molecule has 2 aromatic rings. The van der Waals surface area contributed by atoms with Crippen molar-refractivity contribution in [1.82, 2.24) is 0 Å². The van der Waals surface area contributed by atoms with E-state index < -0.39 is 11.6 Å². The van der Waals surface area contributed by atoms with Crippen LogP contribution in [-0.4, -0.2) is 6.21 Å². The summed E-state index contributed by atoms with van der Waals surface area (Å²) in [5.41, 5.74) is 2.37. The SMILES string of the molecule is Cc1c(F)cc(C=N)c(Nc2ccc(C3CCCCC3)cc2)c1F. The van der Waals surface area contributed by atoms with Crippen molar-refractivity contribution in [3.63, 3.8) is 0 Å². The Kier molecular flexibility index (Phi) is 4.93. The molecule has 0 aliphatic heterocycles. The zero-order valence-corrected chi connectivity index (χ0v) is 13.8. The molecule has 1 fully saturated rings. The average Bonchev–Trinajstić information content (AvgIpc) is 2.63. The second-order valence-corrected chi connectivity index (χ2v) is 6.49. The second-order valence-electron chi connectivity index (χ2n) is 6.49. The maximum absolute atomic E-state index is 14.4. The summed E-state index contributed by atoms with van der Waals surface area (Å²) in [5, 5.41) is 10.4. The van der Waals surface area contributed by atoms with Crippen LogP contribution in [0.15, 0.2) is 30.3 Å². The van der Waals surface area contributed by atoms with Gasteiger partial charge >= 0.3 is 0 Å². The van der Waals surface area contributed by atoms with Gasteiger partial charge < -0.3 is 10.7 Å². The minimum Gasteiger partial charge on any atom is -0.353 e. The number of hydrogen-bond donors (Lipinski definition) is 2. The topological polar surface area (TPSA) is 35.9 Å². The Labute approximate surface area is 141 Å². The zero-order valence-electron chi connectivity index (χ0n) is 13.8. The molecule has 1 saturated carbocycles. The molecule has 1 aliphatic carbocycles. The van der Waals surface area contributed by atoms with E-state index in [9.17, 15) is 8.78 Å². The predicted molar refractivity (Wildman–Crippen MR) is 94.5 cm³/mol. The Balaban J connectivity index is 1.84. The second kappa shape index (κ2) is 7.12. The predicted octanol–water partition coefficient (Wildman–Crippen LogP) is 6.06. The van der Waals surface area contributed by atoms with Gasteiger partial charge in [-0.2, -0.15) is 0 Å². The van der Waals surface area contributed by atoms with Crippen LogP contribution < -0.4 is 5.32 Å². The highest BCUT2D eigenvalue weighted by atomic mass is 19.1. The van der Waals surface area contributed by atoms with Crippen LogP contribution in [0.25, 0.3) is 0 Å². The van der Waals surface area contributed by atoms with Crippen molar-refractivity contribution in [3.8, 4) is 0 Å². The monoisotopic (exact) mass is 328 g/mol. The molecule has 2 aromatic carbocycles. The highest BCUT2D eigenvalue weighted by Gasteiger charge is 2.17. The number of halogens is 2. The molecular formula is C20H22F2N2. The van der Waals surface area contributed by atoms with Crippen molar-refractivity contribution < 1.29 is 8.78 Å². The van der Waals surface area contributed by atoms with Gasteiger partial charge in [0.15, 0.2) is 5.82 Å². The molecule has 0 spiro atoms. The van der Waals surface area contributed by atoms with Gasteiger partial charge in [0.2, 0.25) is 0 Å². The molecule has 0 bridgehead atoms. The van der Waals surface area contributed by atoms with Crippen LogP contribution in [0, 0.1) is 24.0 Å². The number of nitrogens with one attached hydrogen (secondary N) is 2. The van der Waals surface area contributed by atoms with Crippen molar-refractivity contribution in [2.45, 2.75) is 44.9 Å². The summed E-state index contributed by atoms with van der Waals surface area (Å²) in [7, 11) is 0. The minimum atomic E-state index is -0.648. The highest BCUT2D eigenvalue weighted by Crippen LogP contribution is 2.34. The number of hydrogen-bond acceptors (Lipinski definition) is 2. The molecule has 24 heavy (non-hydrogen) atoms. The Morgan fingerprint density at radius 3 is 2.38 bits per heavy atom. The van der Waals surface area contributed by atoms with E-state index in [0.29, 0.717) is 5.92 Å². The fraction of sp³-hybridized carbons (Fsp3) is 0.350. The van der Waals surface area contributed by atoms with Crippen molar-refractivity contribution in [3.05, 3.63) is 58.7 Å². The van der Waals surface area contributed by atoms with Gasteiger partial charge in [0.1, 0.15) is 5.82 Å². The first kappa shape index (κ1) is 16.6. The third kappa shape index (κ3) is 3.32. The van der Waals surface area contributed by atoms with E-state index in [0.717, 1.165) is 11.9 Å². The lowest BCUT2D eigenvalue weighted by atomic mass is 9.84. The molecule has 0 atom stereocenters. The molecule has 2 N–H and O–H groups in total. The van der Waals surface area contributed by atoms with Crippen molar-refractivity contribution in [2.75, 3.05) is 5.32 Å². The number of rotatable bonds is 4.